The molecule has 0 fully saturated rings. The van der Waals surface area contributed by atoms with Crippen molar-refractivity contribution in [3.8, 4) is 91.1 Å². The molecule has 24 rings (SSSR count). The van der Waals surface area contributed by atoms with Crippen LogP contribution in [0.2, 0.25) is 0 Å². The average molecular weight is 1460 g/mol. The van der Waals surface area contributed by atoms with Crippen molar-refractivity contribution in [1.29, 1.82) is 0 Å². The van der Waals surface area contributed by atoms with Crippen molar-refractivity contribution in [2.45, 2.75) is 0 Å². The van der Waals surface area contributed by atoms with Crippen molar-refractivity contribution >= 4 is 131 Å². The zero-order valence-electron chi connectivity index (χ0n) is 61.1. The topological polar surface area (TPSA) is 123 Å². The van der Waals surface area contributed by atoms with E-state index in [0.717, 1.165) is 155 Å². The minimum atomic E-state index is 0.621. The van der Waals surface area contributed by atoms with Gasteiger partial charge in [-0.15, -0.1) is 0 Å². The number of para-hydroxylation sites is 6. The third kappa shape index (κ3) is 10.4. The Morgan fingerprint density at radius 1 is 0.175 bits per heavy atom. The smallest absolute Gasteiger partial charge is 0.164 e. The van der Waals surface area contributed by atoms with Gasteiger partial charge in [0.15, 0.2) is 40.5 Å². The highest BCUT2D eigenvalue weighted by molar-refractivity contribution is 6.25. The summed E-state index contributed by atoms with van der Waals surface area (Å²) in [5.74, 6) is 3.82. The van der Waals surface area contributed by atoms with E-state index in [0.29, 0.717) is 34.9 Å². The van der Waals surface area contributed by atoms with Gasteiger partial charge in [0, 0.05) is 115 Å². The molecule has 532 valence electrons. The van der Waals surface area contributed by atoms with E-state index in [2.05, 4.69) is 255 Å². The lowest BCUT2D eigenvalue weighted by atomic mass is 10.1. The second-order valence-electron chi connectivity index (χ2n) is 28.9. The molecule has 0 bridgehead atoms. The average Bonchev–Trinajstić information content (AvgIpc) is 1.56. The van der Waals surface area contributed by atoms with Gasteiger partial charge in [-0.3, -0.25) is 0 Å². The molecule has 0 saturated heterocycles. The molecule has 0 aliphatic rings. The van der Waals surface area contributed by atoms with Crippen LogP contribution < -0.4 is 0 Å². The highest BCUT2D eigenvalue weighted by Crippen LogP contribution is 2.45. The molecule has 0 unspecified atom stereocenters. The van der Waals surface area contributed by atoms with Crippen molar-refractivity contribution in [2.24, 2.45) is 0 Å². The standard InChI is InChI=1S/2C51H31N5O/c1-3-14-32(15-4-1)49-52-50(33-16-5-2-6-17-33)54-51(53-49)34-18-13-19-35(30-34)55-43-23-10-8-21-38(43)42-31-36(26-29-45(42)55)56-44-24-11-7-20-37(44)40-27-28-41-39-22-9-12-25-46(39)57-48(41)47(40)56;1-3-13-32(14-4-1)49-52-50(33-15-5-2-6-16-33)54-51(53-49)34-23-25-35(26-24-34)55-42-20-10-7-17-37(42)41-31-36(27-29-44(41)55)56-43-21-11-8-19-40(43)47-45(56)30-28-39-38-18-9-12-22-46(38)57-48(39)47/h2*1-31H. The summed E-state index contributed by atoms with van der Waals surface area (Å²) >= 11 is 0. The largest absolute Gasteiger partial charge is 0.455 e. The van der Waals surface area contributed by atoms with Crippen LogP contribution in [-0.2, 0) is 0 Å². The van der Waals surface area contributed by atoms with Crippen LogP contribution in [-0.4, -0.2) is 48.2 Å². The van der Waals surface area contributed by atoms with Crippen LogP contribution in [0.3, 0.4) is 0 Å². The Labute approximate surface area is 651 Å². The maximum atomic E-state index is 6.65. The van der Waals surface area contributed by atoms with Crippen molar-refractivity contribution < 1.29 is 8.83 Å². The summed E-state index contributed by atoms with van der Waals surface area (Å²) in [6, 6.07) is 131. The van der Waals surface area contributed by atoms with Gasteiger partial charge in [-0.25, -0.2) is 29.9 Å². The van der Waals surface area contributed by atoms with Crippen LogP contribution >= 0.6 is 0 Å². The quantitative estimate of drug-likeness (QED) is 0.133. The Morgan fingerprint density at radius 2 is 0.491 bits per heavy atom. The first-order valence-corrected chi connectivity index (χ1v) is 38.2. The number of furan rings is 2. The molecule has 24 aromatic rings. The maximum absolute atomic E-state index is 6.65. The lowest BCUT2D eigenvalue weighted by Crippen LogP contribution is -2.01. The van der Waals surface area contributed by atoms with Crippen molar-refractivity contribution in [2.75, 3.05) is 0 Å². The molecule has 0 saturated carbocycles. The Kier molecular flexibility index (Phi) is 14.7. The minimum absolute atomic E-state index is 0.621. The van der Waals surface area contributed by atoms with Crippen LogP contribution in [0.15, 0.2) is 385 Å². The molecule has 0 amide bonds. The van der Waals surface area contributed by atoms with Gasteiger partial charge < -0.3 is 27.1 Å². The van der Waals surface area contributed by atoms with E-state index in [-0.39, 0.29) is 0 Å². The molecule has 0 aliphatic heterocycles. The van der Waals surface area contributed by atoms with Crippen LogP contribution in [0.1, 0.15) is 0 Å². The number of fused-ring (bicyclic) bond motifs is 20. The van der Waals surface area contributed by atoms with Gasteiger partial charge in [0.25, 0.3) is 0 Å². The number of benzene rings is 16. The maximum Gasteiger partial charge on any atom is 0.164 e. The van der Waals surface area contributed by atoms with E-state index in [9.17, 15) is 0 Å². The fraction of sp³-hybridized carbons (Fsp3) is 0. The summed E-state index contributed by atoms with van der Waals surface area (Å²) in [5.41, 5.74) is 22.4. The van der Waals surface area contributed by atoms with Gasteiger partial charge >= 0.3 is 0 Å². The predicted molar refractivity (Wildman–Crippen MR) is 464 cm³/mol. The first-order chi connectivity index (χ1) is 56.5. The summed E-state index contributed by atoms with van der Waals surface area (Å²) in [6.45, 7) is 0. The van der Waals surface area contributed by atoms with E-state index >= 15 is 0 Å². The van der Waals surface area contributed by atoms with E-state index in [4.69, 9.17) is 38.7 Å². The Morgan fingerprint density at radius 3 is 1.00 bits per heavy atom. The van der Waals surface area contributed by atoms with E-state index in [1.807, 2.05) is 140 Å². The van der Waals surface area contributed by atoms with Crippen LogP contribution in [0.5, 0.6) is 0 Å². The molecular formula is C102H62N10O2. The monoisotopic (exact) mass is 1460 g/mol. The number of hydrogen-bond acceptors (Lipinski definition) is 8. The van der Waals surface area contributed by atoms with Gasteiger partial charge in [-0.2, -0.15) is 0 Å². The molecule has 8 heterocycles. The van der Waals surface area contributed by atoms with Crippen molar-refractivity contribution in [3.05, 3.63) is 376 Å². The molecule has 0 atom stereocenters. The zero-order chi connectivity index (χ0) is 74.9. The fourth-order valence-electron chi connectivity index (χ4n) is 17.2. The van der Waals surface area contributed by atoms with Gasteiger partial charge in [-0.05, 0) is 127 Å². The van der Waals surface area contributed by atoms with Gasteiger partial charge in [0.1, 0.15) is 16.7 Å². The summed E-state index contributed by atoms with van der Waals surface area (Å²) in [6.07, 6.45) is 0. The first-order valence-electron chi connectivity index (χ1n) is 38.2. The van der Waals surface area contributed by atoms with Crippen LogP contribution in [0.4, 0.5) is 0 Å². The molecule has 12 heteroatoms. The third-order valence-corrected chi connectivity index (χ3v) is 22.3. The molecule has 0 aliphatic carbocycles. The van der Waals surface area contributed by atoms with Crippen LogP contribution in [0.25, 0.3) is 222 Å². The van der Waals surface area contributed by atoms with E-state index in [1.165, 1.54) is 32.3 Å². The first kappa shape index (κ1) is 64.3. The van der Waals surface area contributed by atoms with Gasteiger partial charge in [0.2, 0.25) is 0 Å². The number of hydrogen-bond donors (Lipinski definition) is 0. The van der Waals surface area contributed by atoms with Gasteiger partial charge in [-0.1, -0.05) is 249 Å². The Balaban J connectivity index is 0.000000135. The molecule has 8 aromatic heterocycles. The molecular weight excluding hydrogens is 1400 g/mol. The highest BCUT2D eigenvalue weighted by Gasteiger charge is 2.25. The van der Waals surface area contributed by atoms with E-state index in [1.54, 1.807) is 0 Å². The summed E-state index contributed by atoms with van der Waals surface area (Å²) in [4.78, 5) is 29.8. The molecule has 0 N–H and O–H groups in total. The molecule has 16 aromatic carbocycles. The number of aromatic nitrogens is 10. The summed E-state index contributed by atoms with van der Waals surface area (Å²) in [7, 11) is 0. The normalized spacial score (nSPS) is 11.9. The SMILES string of the molecule is c1ccc(-c2nc(-c3ccccc3)nc(-c3ccc(-n4c5ccccc5c5cc(-n6c7ccccc7c7c8oc9ccccc9c8ccc76)ccc54)cc3)n2)cc1.c1ccc(-c2nc(-c3ccccc3)nc(-c3cccc(-n4c5ccccc5c5cc(-n6c7ccccc7c7ccc8c9ccccc9oc8c76)ccc54)c3)n2)cc1. The lowest BCUT2D eigenvalue weighted by molar-refractivity contribution is 0.671. The molecule has 0 radical (unpaired) electrons. The Bertz CT molecular complexity index is 7860. The Hall–Kier alpha value is -15.7. The number of nitrogens with zero attached hydrogens (tertiary/aromatic N) is 10. The lowest BCUT2D eigenvalue weighted by Gasteiger charge is -2.12. The zero-order valence-corrected chi connectivity index (χ0v) is 61.1. The summed E-state index contributed by atoms with van der Waals surface area (Å²) in [5, 5.41) is 13.9. The van der Waals surface area contributed by atoms with Crippen LogP contribution in [0, 0.1) is 0 Å². The number of rotatable bonds is 10. The molecule has 12 nitrogen and oxygen atoms in total. The van der Waals surface area contributed by atoms with Crippen molar-refractivity contribution in [3.63, 3.8) is 0 Å². The fourth-order valence-corrected chi connectivity index (χ4v) is 17.2. The highest BCUT2D eigenvalue weighted by atomic mass is 16.3. The summed E-state index contributed by atoms with van der Waals surface area (Å²) < 4.78 is 22.7. The third-order valence-electron chi connectivity index (χ3n) is 22.3. The second kappa shape index (κ2) is 26.0. The molecule has 0 spiro atoms. The second-order valence-corrected chi connectivity index (χ2v) is 28.9. The van der Waals surface area contributed by atoms with E-state index < -0.39 is 0 Å². The predicted octanol–water partition coefficient (Wildman–Crippen LogP) is 25.9. The van der Waals surface area contributed by atoms with Gasteiger partial charge in [0.05, 0.1) is 49.5 Å². The molecule has 114 heavy (non-hydrogen) atoms. The minimum Gasteiger partial charge on any atom is -0.455 e. The van der Waals surface area contributed by atoms with Crippen molar-refractivity contribution in [1.82, 2.24) is 48.2 Å².